The summed E-state index contributed by atoms with van der Waals surface area (Å²) in [6.07, 6.45) is 6.06. The van der Waals surface area contributed by atoms with Crippen molar-refractivity contribution in [1.29, 1.82) is 0 Å². The predicted octanol–water partition coefficient (Wildman–Crippen LogP) is 5.72. The standard InChI is InChI=1S/C25H34ClN5S/c1-17-12-18(2)15-31(14-17)22-13-19(3)28-23(29-22)30-24(32)27-16-25(10-4-5-11-25)20-6-8-21(26)9-7-20/h6-9,13,17-18H,4-5,10-12,14-16H2,1-3H3,(H2,27,28,29,30,32)/t17-,18-/m1/s1. The molecule has 1 aromatic heterocycles. The summed E-state index contributed by atoms with van der Waals surface area (Å²) in [5, 5.41) is 8.04. The van der Waals surface area contributed by atoms with Crippen molar-refractivity contribution in [3.8, 4) is 0 Å². The molecular formula is C25H34ClN5S. The van der Waals surface area contributed by atoms with Crippen molar-refractivity contribution in [2.45, 2.75) is 58.3 Å². The summed E-state index contributed by atoms with van der Waals surface area (Å²) < 4.78 is 0. The molecule has 0 unspecified atom stereocenters. The first kappa shape index (κ1) is 23.2. The fraction of sp³-hybridized carbons (Fsp3) is 0.560. The largest absolute Gasteiger partial charge is 0.361 e. The van der Waals surface area contributed by atoms with Gasteiger partial charge < -0.3 is 15.5 Å². The summed E-state index contributed by atoms with van der Waals surface area (Å²) in [5.41, 5.74) is 2.37. The molecule has 2 atom stereocenters. The molecule has 1 saturated heterocycles. The van der Waals surface area contributed by atoms with Crippen LogP contribution in [0.15, 0.2) is 30.3 Å². The second-order valence-corrected chi connectivity index (χ2v) is 10.7. The van der Waals surface area contributed by atoms with Gasteiger partial charge in [-0.05, 0) is 67.9 Å². The summed E-state index contributed by atoms with van der Waals surface area (Å²) in [6.45, 7) is 9.50. The molecule has 32 heavy (non-hydrogen) atoms. The number of halogens is 1. The molecule has 2 aromatic rings. The highest BCUT2D eigenvalue weighted by Crippen LogP contribution is 2.41. The molecule has 7 heteroatoms. The molecule has 5 nitrogen and oxygen atoms in total. The minimum atomic E-state index is 0.0923. The number of hydrogen-bond acceptors (Lipinski definition) is 4. The number of thiocarbonyl (C=S) groups is 1. The van der Waals surface area contributed by atoms with Crippen LogP contribution < -0.4 is 15.5 Å². The van der Waals surface area contributed by atoms with Crippen molar-refractivity contribution >= 4 is 40.7 Å². The highest BCUT2D eigenvalue weighted by Gasteiger charge is 2.35. The lowest BCUT2D eigenvalue weighted by Gasteiger charge is -2.36. The van der Waals surface area contributed by atoms with Crippen LogP contribution in [0, 0.1) is 18.8 Å². The zero-order valence-electron chi connectivity index (χ0n) is 19.3. The van der Waals surface area contributed by atoms with Gasteiger partial charge in [0.05, 0.1) is 0 Å². The van der Waals surface area contributed by atoms with Gasteiger partial charge in [0, 0.05) is 41.8 Å². The van der Waals surface area contributed by atoms with Crippen molar-refractivity contribution in [3.63, 3.8) is 0 Å². The molecule has 1 saturated carbocycles. The maximum absolute atomic E-state index is 6.12. The van der Waals surface area contributed by atoms with Crippen LogP contribution in [0.5, 0.6) is 0 Å². The second kappa shape index (κ2) is 9.92. The smallest absolute Gasteiger partial charge is 0.231 e. The van der Waals surface area contributed by atoms with E-state index in [2.05, 4.69) is 52.6 Å². The summed E-state index contributed by atoms with van der Waals surface area (Å²) in [4.78, 5) is 11.8. The molecule has 1 aromatic carbocycles. The van der Waals surface area contributed by atoms with Gasteiger partial charge in [-0.15, -0.1) is 0 Å². The lowest BCUT2D eigenvalue weighted by molar-refractivity contribution is 0.355. The van der Waals surface area contributed by atoms with E-state index in [1.807, 2.05) is 19.1 Å². The number of nitrogens with zero attached hydrogens (tertiary/aromatic N) is 3. The first-order valence-corrected chi connectivity index (χ1v) is 12.5. The minimum Gasteiger partial charge on any atom is -0.361 e. The molecule has 1 aliphatic heterocycles. The highest BCUT2D eigenvalue weighted by atomic mass is 35.5. The van der Waals surface area contributed by atoms with Gasteiger partial charge in [-0.2, -0.15) is 4.98 Å². The third-order valence-electron chi connectivity index (χ3n) is 6.86. The average Bonchev–Trinajstić information content (AvgIpc) is 3.22. The van der Waals surface area contributed by atoms with Gasteiger partial charge in [0.25, 0.3) is 0 Å². The van der Waals surface area contributed by atoms with E-state index in [0.29, 0.717) is 22.9 Å². The van der Waals surface area contributed by atoms with Crippen LogP contribution in [0.3, 0.4) is 0 Å². The van der Waals surface area contributed by atoms with E-state index in [1.165, 1.54) is 24.8 Å². The molecule has 0 bridgehead atoms. The normalized spacial score (nSPS) is 22.6. The number of hydrogen-bond donors (Lipinski definition) is 2. The molecule has 0 amide bonds. The molecule has 0 radical (unpaired) electrons. The van der Waals surface area contributed by atoms with Crippen LogP contribution in [-0.2, 0) is 5.41 Å². The predicted molar refractivity (Wildman–Crippen MR) is 138 cm³/mol. The minimum absolute atomic E-state index is 0.0923. The maximum Gasteiger partial charge on any atom is 0.231 e. The Labute approximate surface area is 202 Å². The molecule has 2 fully saturated rings. The lowest BCUT2D eigenvalue weighted by Crippen LogP contribution is -2.41. The molecule has 4 rings (SSSR count). The van der Waals surface area contributed by atoms with E-state index in [-0.39, 0.29) is 5.41 Å². The van der Waals surface area contributed by atoms with Crippen LogP contribution in [0.1, 0.15) is 57.2 Å². The fourth-order valence-corrected chi connectivity index (χ4v) is 5.73. The SMILES string of the molecule is Cc1cc(N2C[C@H](C)C[C@@H](C)C2)nc(NC(=S)NCC2(c3ccc(Cl)cc3)CCCC2)n1. The topological polar surface area (TPSA) is 53.1 Å². The molecule has 2 aliphatic rings. The number of aryl methyl sites for hydroxylation is 1. The van der Waals surface area contributed by atoms with Crippen LogP contribution in [-0.4, -0.2) is 34.7 Å². The Kier molecular flexibility index (Phi) is 7.21. The van der Waals surface area contributed by atoms with Gasteiger partial charge in [-0.25, -0.2) is 4.98 Å². The Morgan fingerprint density at radius 1 is 1.12 bits per heavy atom. The van der Waals surface area contributed by atoms with Gasteiger partial charge in [-0.3, -0.25) is 0 Å². The molecule has 172 valence electrons. The van der Waals surface area contributed by atoms with E-state index in [9.17, 15) is 0 Å². The van der Waals surface area contributed by atoms with Crippen LogP contribution >= 0.6 is 23.8 Å². The van der Waals surface area contributed by atoms with Crippen LogP contribution in [0.25, 0.3) is 0 Å². The summed E-state index contributed by atoms with van der Waals surface area (Å²) in [5.74, 6) is 2.89. The number of aromatic nitrogens is 2. The molecule has 0 spiro atoms. The Bertz CT molecular complexity index is 932. The quantitative estimate of drug-likeness (QED) is 0.544. The highest BCUT2D eigenvalue weighted by molar-refractivity contribution is 7.80. The molecule has 2 heterocycles. The van der Waals surface area contributed by atoms with Gasteiger partial charge >= 0.3 is 0 Å². The van der Waals surface area contributed by atoms with Crippen molar-refractivity contribution < 1.29 is 0 Å². The van der Waals surface area contributed by atoms with Crippen molar-refractivity contribution in [1.82, 2.24) is 15.3 Å². The van der Waals surface area contributed by atoms with Crippen LogP contribution in [0.2, 0.25) is 5.02 Å². The number of rotatable bonds is 5. The van der Waals surface area contributed by atoms with Crippen molar-refractivity contribution in [2.24, 2.45) is 11.8 Å². The maximum atomic E-state index is 6.12. The lowest BCUT2D eigenvalue weighted by atomic mass is 9.79. The van der Waals surface area contributed by atoms with E-state index in [0.717, 1.165) is 49.0 Å². The van der Waals surface area contributed by atoms with Gasteiger partial charge in [0.15, 0.2) is 5.11 Å². The number of anilines is 2. The fourth-order valence-electron chi connectivity index (χ4n) is 5.44. The van der Waals surface area contributed by atoms with E-state index in [4.69, 9.17) is 28.8 Å². The summed E-state index contributed by atoms with van der Waals surface area (Å²) in [6, 6.07) is 10.3. The Morgan fingerprint density at radius 3 is 2.44 bits per heavy atom. The molecular weight excluding hydrogens is 438 g/mol. The van der Waals surface area contributed by atoms with E-state index in [1.54, 1.807) is 0 Å². The zero-order chi connectivity index (χ0) is 22.7. The number of nitrogens with one attached hydrogen (secondary N) is 2. The van der Waals surface area contributed by atoms with Crippen LogP contribution in [0.4, 0.5) is 11.8 Å². The van der Waals surface area contributed by atoms with E-state index < -0.39 is 0 Å². The van der Waals surface area contributed by atoms with Crippen molar-refractivity contribution in [2.75, 3.05) is 29.9 Å². The molecule has 1 aliphatic carbocycles. The third kappa shape index (κ3) is 5.52. The van der Waals surface area contributed by atoms with Crippen molar-refractivity contribution in [3.05, 3.63) is 46.6 Å². The number of piperidine rings is 1. The first-order chi connectivity index (χ1) is 15.3. The molecule has 2 N–H and O–H groups in total. The van der Waals surface area contributed by atoms with Gasteiger partial charge in [-0.1, -0.05) is 50.4 Å². The Morgan fingerprint density at radius 2 is 1.78 bits per heavy atom. The summed E-state index contributed by atoms with van der Waals surface area (Å²) in [7, 11) is 0. The first-order valence-electron chi connectivity index (χ1n) is 11.7. The third-order valence-corrected chi connectivity index (χ3v) is 7.36. The van der Waals surface area contributed by atoms with Gasteiger partial charge in [0.2, 0.25) is 5.95 Å². The second-order valence-electron chi connectivity index (χ2n) is 9.84. The van der Waals surface area contributed by atoms with Gasteiger partial charge in [0.1, 0.15) is 5.82 Å². The zero-order valence-corrected chi connectivity index (χ0v) is 20.9. The summed E-state index contributed by atoms with van der Waals surface area (Å²) >= 11 is 11.7. The Balaban J connectivity index is 1.42. The average molecular weight is 472 g/mol. The Hall–Kier alpha value is -1.92. The van der Waals surface area contributed by atoms with E-state index >= 15 is 0 Å². The number of benzene rings is 1. The monoisotopic (exact) mass is 471 g/mol.